The maximum Gasteiger partial charge on any atom is 0.245 e. The van der Waals surface area contributed by atoms with Crippen molar-refractivity contribution in [3.8, 4) is 0 Å². The second kappa shape index (κ2) is 7.06. The Hall–Kier alpha value is -1.04. The smallest absolute Gasteiger partial charge is 0.245 e. The van der Waals surface area contributed by atoms with E-state index in [4.69, 9.17) is 9.72 Å². The van der Waals surface area contributed by atoms with Gasteiger partial charge in [0, 0.05) is 23.3 Å². The molecule has 1 aliphatic heterocycles. The number of aromatic nitrogens is 1. The van der Waals surface area contributed by atoms with Crippen molar-refractivity contribution in [1.29, 1.82) is 0 Å². The maximum absolute atomic E-state index is 14.1. The van der Waals surface area contributed by atoms with Gasteiger partial charge in [-0.2, -0.15) is 5.20 Å². The lowest BCUT2D eigenvalue weighted by molar-refractivity contribution is 0.0272. The molecule has 5 nitrogen and oxygen atoms in total. The zero-order valence-corrected chi connectivity index (χ0v) is 15.3. The normalized spacial score (nSPS) is 21.2. The molecule has 2 heterocycles. The highest BCUT2D eigenvalue weighted by molar-refractivity contribution is 7.81. The molecule has 128 valence electrons. The first-order chi connectivity index (χ1) is 11.8. The van der Waals surface area contributed by atoms with Crippen molar-refractivity contribution in [3.05, 3.63) is 40.9 Å². The topological polar surface area (TPSA) is 54.5 Å². The van der Waals surface area contributed by atoms with E-state index in [0.29, 0.717) is 13.2 Å². The first-order valence-corrected chi connectivity index (χ1v) is 11.0. The molecule has 24 heavy (non-hydrogen) atoms. The number of thiazole rings is 1. The minimum atomic E-state index is -2.97. The summed E-state index contributed by atoms with van der Waals surface area (Å²) >= 11 is 1.63. The van der Waals surface area contributed by atoms with Gasteiger partial charge in [0.25, 0.3) is 0 Å². The second-order valence-electron chi connectivity index (χ2n) is 6.22. The molecule has 0 bridgehead atoms. The van der Waals surface area contributed by atoms with Gasteiger partial charge in [-0.15, -0.1) is 11.3 Å². The van der Waals surface area contributed by atoms with Crippen LogP contribution in [0.2, 0.25) is 0 Å². The first kappa shape index (κ1) is 16.4. The Balaban J connectivity index is 1.72. The summed E-state index contributed by atoms with van der Waals surface area (Å²) in [4.78, 5) is 6.12. The van der Waals surface area contributed by atoms with Crippen molar-refractivity contribution in [1.82, 2.24) is 15.2 Å². The predicted molar refractivity (Wildman–Crippen MR) is 97.6 cm³/mol. The van der Waals surface area contributed by atoms with Crippen LogP contribution in [0.3, 0.4) is 0 Å². The van der Waals surface area contributed by atoms with Gasteiger partial charge < -0.3 is 4.74 Å². The van der Waals surface area contributed by atoms with Crippen LogP contribution in [0.25, 0.3) is 0 Å². The summed E-state index contributed by atoms with van der Waals surface area (Å²) < 4.78 is 20.2. The molecule has 2 aliphatic rings. The quantitative estimate of drug-likeness (QED) is 0.843. The Morgan fingerprint density at radius 2 is 1.88 bits per heavy atom. The monoisotopic (exact) mass is 363 g/mol. The first-order valence-electron chi connectivity index (χ1n) is 8.51. The Bertz CT molecular complexity index is 720. The number of ether oxygens (including phenoxy) is 1. The summed E-state index contributed by atoms with van der Waals surface area (Å²) in [6.45, 7) is 2.80. The number of fused-ring (bicyclic) bond motifs is 1. The van der Waals surface area contributed by atoms with Gasteiger partial charge >= 0.3 is 0 Å². The summed E-state index contributed by atoms with van der Waals surface area (Å²) in [6.07, 6.45) is 4.47. The van der Waals surface area contributed by atoms with Crippen LogP contribution in [0.5, 0.6) is 0 Å². The number of hydrogen-bond donors (Lipinski definition) is 1. The number of morpholine rings is 1. The maximum atomic E-state index is 14.1. The predicted octanol–water partition coefficient (Wildman–Crippen LogP) is 2.09. The summed E-state index contributed by atoms with van der Waals surface area (Å²) in [5.41, 5.74) is 1.15. The van der Waals surface area contributed by atoms with Gasteiger partial charge in [0.1, 0.15) is 0 Å². The standard InChI is InChI=1S/C17H22N3O2PS/c21-23(14-6-2-1-3-7-14,19-20-10-12-22-13-11-20)17-18-15-8-4-5-9-16(15)24-17/h1-3,6-7H,4-5,8-13H2,(H,19,21). The molecule has 0 amide bonds. The van der Waals surface area contributed by atoms with Crippen molar-refractivity contribution in [2.75, 3.05) is 26.3 Å². The second-order valence-corrected chi connectivity index (χ2v) is 9.96. The Kier molecular flexibility index (Phi) is 4.83. The molecule has 1 saturated heterocycles. The average molecular weight is 363 g/mol. The van der Waals surface area contributed by atoms with Gasteiger partial charge in [0.05, 0.1) is 18.9 Å². The van der Waals surface area contributed by atoms with E-state index in [-0.39, 0.29) is 0 Å². The van der Waals surface area contributed by atoms with E-state index in [1.165, 1.54) is 17.7 Å². The molecule has 1 aromatic heterocycles. The molecule has 1 unspecified atom stereocenters. The Morgan fingerprint density at radius 3 is 2.62 bits per heavy atom. The van der Waals surface area contributed by atoms with Crippen LogP contribution in [-0.2, 0) is 22.1 Å². The van der Waals surface area contributed by atoms with Gasteiger partial charge in [-0.3, -0.25) is 4.57 Å². The van der Waals surface area contributed by atoms with E-state index >= 15 is 0 Å². The van der Waals surface area contributed by atoms with Crippen LogP contribution in [0, 0.1) is 0 Å². The SMILES string of the molecule is O=P(NN1CCOCC1)(c1ccccc1)c1nc2c(s1)CCCC2. The number of rotatable bonds is 4. The highest BCUT2D eigenvalue weighted by Gasteiger charge is 2.34. The number of nitrogens with zero attached hydrogens (tertiary/aromatic N) is 2. The molecule has 1 aromatic carbocycles. The lowest BCUT2D eigenvalue weighted by Gasteiger charge is -2.31. The fourth-order valence-electron chi connectivity index (χ4n) is 3.18. The van der Waals surface area contributed by atoms with Crippen molar-refractivity contribution in [2.45, 2.75) is 25.7 Å². The average Bonchev–Trinajstić information content (AvgIpc) is 3.08. The molecule has 0 spiro atoms. The summed E-state index contributed by atoms with van der Waals surface area (Å²) in [5.74, 6) is 0. The Labute approximate surface area is 146 Å². The molecular formula is C17H22N3O2PS. The number of benzene rings is 1. The number of hydrazine groups is 1. The third-order valence-corrected chi connectivity index (χ3v) is 8.75. The van der Waals surface area contributed by atoms with Crippen LogP contribution in [0.15, 0.2) is 30.3 Å². The molecule has 4 rings (SSSR count). The van der Waals surface area contributed by atoms with E-state index in [0.717, 1.165) is 41.7 Å². The number of hydrogen-bond acceptors (Lipinski definition) is 5. The van der Waals surface area contributed by atoms with Crippen molar-refractivity contribution >= 4 is 28.7 Å². The molecule has 2 aromatic rings. The largest absolute Gasteiger partial charge is 0.379 e. The molecule has 0 radical (unpaired) electrons. The van der Waals surface area contributed by atoms with E-state index < -0.39 is 7.29 Å². The molecule has 1 aliphatic carbocycles. The fourth-order valence-corrected chi connectivity index (χ4v) is 7.23. The van der Waals surface area contributed by atoms with Crippen LogP contribution in [-0.4, -0.2) is 36.3 Å². The minimum absolute atomic E-state index is 0.663. The third-order valence-electron chi connectivity index (χ3n) is 4.52. The van der Waals surface area contributed by atoms with Crippen LogP contribution in [0.4, 0.5) is 0 Å². The van der Waals surface area contributed by atoms with Gasteiger partial charge in [0.15, 0.2) is 4.75 Å². The van der Waals surface area contributed by atoms with Crippen LogP contribution >= 0.6 is 18.6 Å². The molecule has 1 atom stereocenters. The summed E-state index contributed by atoms with van der Waals surface area (Å²) in [6, 6.07) is 9.71. The zero-order valence-electron chi connectivity index (χ0n) is 13.6. The lowest BCUT2D eigenvalue weighted by atomic mass is 10.0. The third kappa shape index (κ3) is 3.22. The van der Waals surface area contributed by atoms with Crippen molar-refractivity contribution in [2.24, 2.45) is 0 Å². The minimum Gasteiger partial charge on any atom is -0.379 e. The lowest BCUT2D eigenvalue weighted by Crippen LogP contribution is -2.47. The van der Waals surface area contributed by atoms with Gasteiger partial charge in [-0.25, -0.2) is 9.99 Å². The van der Waals surface area contributed by atoms with E-state index in [1.54, 1.807) is 11.3 Å². The van der Waals surface area contributed by atoms with E-state index in [2.05, 4.69) is 5.20 Å². The van der Waals surface area contributed by atoms with E-state index in [9.17, 15) is 4.57 Å². The van der Waals surface area contributed by atoms with Gasteiger partial charge in [-0.05, 0) is 37.8 Å². The molecule has 1 fully saturated rings. The van der Waals surface area contributed by atoms with E-state index in [1.807, 2.05) is 35.3 Å². The molecular weight excluding hydrogens is 341 g/mol. The molecule has 1 N–H and O–H groups in total. The molecule has 7 heteroatoms. The summed E-state index contributed by atoms with van der Waals surface area (Å²) in [5, 5.41) is 6.18. The summed E-state index contributed by atoms with van der Waals surface area (Å²) in [7, 11) is -2.97. The van der Waals surface area contributed by atoms with Crippen molar-refractivity contribution < 1.29 is 9.30 Å². The fraction of sp³-hybridized carbons (Fsp3) is 0.471. The highest BCUT2D eigenvalue weighted by Crippen LogP contribution is 2.42. The number of aryl methyl sites for hydroxylation is 2. The van der Waals surface area contributed by atoms with Crippen molar-refractivity contribution in [3.63, 3.8) is 0 Å². The van der Waals surface area contributed by atoms with Crippen LogP contribution < -0.4 is 15.2 Å². The van der Waals surface area contributed by atoms with Gasteiger partial charge in [-0.1, -0.05) is 18.2 Å². The Morgan fingerprint density at radius 1 is 1.12 bits per heavy atom. The van der Waals surface area contributed by atoms with Crippen LogP contribution in [0.1, 0.15) is 23.4 Å². The molecule has 0 saturated carbocycles. The number of nitrogens with one attached hydrogen (secondary N) is 1. The zero-order chi connectivity index (χ0) is 16.4. The highest BCUT2D eigenvalue weighted by atomic mass is 32.1. The van der Waals surface area contributed by atoms with Gasteiger partial charge in [0.2, 0.25) is 7.29 Å².